The van der Waals surface area contributed by atoms with Crippen LogP contribution in [0.2, 0.25) is 0 Å². The number of aliphatic hydroxyl groups is 1. The van der Waals surface area contributed by atoms with Crippen LogP contribution in [0.15, 0.2) is 47.4 Å². The molecule has 2 aromatic rings. The van der Waals surface area contributed by atoms with Crippen molar-refractivity contribution in [1.82, 2.24) is 0 Å². The van der Waals surface area contributed by atoms with Gasteiger partial charge >= 0.3 is 6.18 Å². The lowest BCUT2D eigenvalue weighted by molar-refractivity contribution is -0.335. The molecule has 0 aliphatic carbocycles. The Morgan fingerprint density at radius 3 is 2.21 bits per heavy atom. The zero-order chi connectivity index (χ0) is 21.6. The number of benzene rings is 2. The summed E-state index contributed by atoms with van der Waals surface area (Å²) >= 11 is 0. The highest BCUT2D eigenvalue weighted by Gasteiger charge is 2.67. The number of anilines is 1. The number of aryl methyl sites for hydroxylation is 2. The Kier molecular flexibility index (Phi) is 5.51. The summed E-state index contributed by atoms with van der Waals surface area (Å²) in [7, 11) is -1.60. The number of hydrogen-bond acceptors (Lipinski definition) is 2. The predicted octanol–water partition coefficient (Wildman–Crippen LogP) is 4.88. The number of hydrogen-bond donors (Lipinski definition) is 1. The molecule has 3 rings (SSSR count). The van der Waals surface area contributed by atoms with Crippen LogP contribution in [0.5, 0.6) is 0 Å². The van der Waals surface area contributed by atoms with Crippen LogP contribution in [0.4, 0.5) is 27.6 Å². The molecule has 2 aromatic carbocycles. The minimum Gasteiger partial charge on any atom is -0.372 e. The van der Waals surface area contributed by atoms with Gasteiger partial charge in [-0.05, 0) is 49.1 Å². The van der Waals surface area contributed by atoms with E-state index in [1.165, 1.54) is 10.4 Å². The van der Waals surface area contributed by atoms with Gasteiger partial charge in [0.15, 0.2) is 11.0 Å². The average Bonchev–Trinajstić information content (AvgIpc) is 2.64. The third-order valence-electron chi connectivity index (χ3n) is 5.04. The van der Waals surface area contributed by atoms with E-state index in [9.17, 15) is 31.3 Å². The molecule has 0 spiro atoms. The first-order chi connectivity index (χ1) is 13.4. The number of rotatable bonds is 4. The number of nitrogens with zero attached hydrogens (tertiary/aromatic N) is 1. The highest BCUT2D eigenvalue weighted by Crippen LogP contribution is 2.50. The van der Waals surface area contributed by atoms with Gasteiger partial charge in [0.1, 0.15) is 0 Å². The van der Waals surface area contributed by atoms with E-state index in [4.69, 9.17) is 0 Å². The Morgan fingerprint density at radius 2 is 1.66 bits per heavy atom. The summed E-state index contributed by atoms with van der Waals surface area (Å²) in [6.07, 6.45) is -4.76. The van der Waals surface area contributed by atoms with Crippen LogP contribution in [-0.2, 0) is 23.0 Å². The van der Waals surface area contributed by atoms with Gasteiger partial charge in [-0.1, -0.05) is 29.8 Å². The largest absolute Gasteiger partial charge is 0.427 e. The smallest absolute Gasteiger partial charge is 0.372 e. The minimum absolute atomic E-state index is 0.0404. The molecule has 1 heterocycles. The summed E-state index contributed by atoms with van der Waals surface area (Å²) in [5.74, 6) is -4.45. The zero-order valence-corrected chi connectivity index (χ0v) is 16.6. The second-order valence-corrected chi connectivity index (χ2v) is 8.62. The van der Waals surface area contributed by atoms with Gasteiger partial charge in [-0.2, -0.15) is 13.2 Å². The molecule has 1 N–H and O–H groups in total. The third kappa shape index (κ3) is 3.77. The van der Waals surface area contributed by atoms with Gasteiger partial charge in [0, 0.05) is 13.5 Å². The van der Waals surface area contributed by atoms with Crippen molar-refractivity contribution >= 4 is 16.7 Å². The minimum atomic E-state index is -5.57. The van der Waals surface area contributed by atoms with Crippen LogP contribution in [-0.4, -0.2) is 28.0 Å². The summed E-state index contributed by atoms with van der Waals surface area (Å²) in [6, 6.07) is 10.00. The molecular weight excluding hydrogens is 413 g/mol. The number of halogens is 5. The predicted molar refractivity (Wildman–Crippen MR) is 100 cm³/mol. The van der Waals surface area contributed by atoms with Crippen LogP contribution >= 0.6 is 0 Å². The summed E-state index contributed by atoms with van der Waals surface area (Å²) in [4.78, 5) is 0.527. The first-order valence-corrected chi connectivity index (χ1v) is 10.0. The fraction of sp³-hybridized carbons (Fsp3) is 0.400. The van der Waals surface area contributed by atoms with Crippen LogP contribution in [0.25, 0.3) is 0 Å². The molecule has 0 bridgehead atoms. The van der Waals surface area contributed by atoms with Crippen molar-refractivity contribution in [3.05, 3.63) is 59.2 Å². The first-order valence-electron chi connectivity index (χ1n) is 8.92. The van der Waals surface area contributed by atoms with Crippen molar-refractivity contribution in [2.75, 3.05) is 10.8 Å². The molecule has 0 saturated heterocycles. The lowest BCUT2D eigenvalue weighted by Crippen LogP contribution is -2.54. The molecule has 158 valence electrons. The fourth-order valence-electron chi connectivity index (χ4n) is 3.41. The lowest BCUT2D eigenvalue weighted by atomic mass is 9.85. The normalized spacial score (nSPS) is 18.1. The molecule has 3 nitrogen and oxygen atoms in total. The lowest BCUT2D eigenvalue weighted by Gasteiger charge is -2.37. The summed E-state index contributed by atoms with van der Waals surface area (Å²) in [6.45, 7) is 2.33. The van der Waals surface area contributed by atoms with E-state index in [0.717, 1.165) is 17.7 Å². The SMILES string of the molecule is Cc1ccc(S(=O)N2CCCc3cc(C(O)(C(C)(F)F)C(F)(F)F)ccc32)cc1. The zero-order valence-electron chi connectivity index (χ0n) is 15.8. The second-order valence-electron chi connectivity index (χ2n) is 7.21. The molecule has 0 fully saturated rings. The van der Waals surface area contributed by atoms with Crippen molar-refractivity contribution in [3.63, 3.8) is 0 Å². The van der Waals surface area contributed by atoms with Crippen LogP contribution in [0.1, 0.15) is 30.0 Å². The van der Waals surface area contributed by atoms with Crippen LogP contribution in [0, 0.1) is 6.92 Å². The molecule has 2 unspecified atom stereocenters. The Balaban J connectivity index is 2.03. The molecule has 9 heteroatoms. The van der Waals surface area contributed by atoms with Crippen molar-refractivity contribution in [2.45, 2.75) is 49.3 Å². The van der Waals surface area contributed by atoms with Gasteiger partial charge in [0.05, 0.1) is 10.6 Å². The van der Waals surface area contributed by atoms with E-state index in [1.807, 2.05) is 6.92 Å². The third-order valence-corrected chi connectivity index (χ3v) is 6.50. The van der Waals surface area contributed by atoms with Crippen molar-refractivity contribution in [2.24, 2.45) is 0 Å². The maximum absolute atomic E-state index is 13.8. The van der Waals surface area contributed by atoms with Gasteiger partial charge in [0.25, 0.3) is 5.92 Å². The van der Waals surface area contributed by atoms with Crippen LogP contribution < -0.4 is 4.31 Å². The van der Waals surface area contributed by atoms with Crippen molar-refractivity contribution < 1.29 is 31.3 Å². The average molecular weight is 433 g/mol. The summed E-state index contributed by atoms with van der Waals surface area (Å²) < 4.78 is 82.3. The topological polar surface area (TPSA) is 40.5 Å². The van der Waals surface area contributed by atoms with Gasteiger partial charge < -0.3 is 5.11 Å². The van der Waals surface area contributed by atoms with E-state index in [1.54, 1.807) is 24.3 Å². The summed E-state index contributed by atoms with van der Waals surface area (Å²) in [5.41, 5.74) is -3.52. The van der Waals surface area contributed by atoms with E-state index >= 15 is 0 Å². The Hall–Kier alpha value is -2.00. The molecule has 1 aliphatic rings. The van der Waals surface area contributed by atoms with Gasteiger partial charge in [-0.25, -0.2) is 13.0 Å². The van der Waals surface area contributed by atoms with Crippen LogP contribution in [0.3, 0.4) is 0 Å². The first kappa shape index (κ1) is 21.7. The summed E-state index contributed by atoms with van der Waals surface area (Å²) in [5, 5.41) is 9.99. The molecule has 1 aliphatic heterocycles. The Labute approximate surface area is 167 Å². The number of fused-ring (bicyclic) bond motifs is 1. The molecule has 0 radical (unpaired) electrons. The molecular formula is C20H20F5NO2S. The molecule has 29 heavy (non-hydrogen) atoms. The van der Waals surface area contributed by atoms with Gasteiger partial charge in [-0.3, -0.25) is 4.31 Å². The molecule has 0 aromatic heterocycles. The number of alkyl halides is 5. The maximum Gasteiger partial charge on any atom is 0.427 e. The standard InChI is InChI=1S/C20H20F5NO2S/c1-13-5-8-16(9-6-13)29(28)26-11-3-4-14-12-15(7-10-17(14)26)19(27,18(2,21)22)20(23,24)25/h5-10,12,27H,3-4,11H2,1-2H3. The second kappa shape index (κ2) is 7.36. The van der Waals surface area contributed by atoms with E-state index in [-0.39, 0.29) is 6.92 Å². The van der Waals surface area contributed by atoms with Gasteiger partial charge in [0.2, 0.25) is 5.60 Å². The Morgan fingerprint density at radius 1 is 1.03 bits per heavy atom. The highest BCUT2D eigenvalue weighted by molar-refractivity contribution is 7.86. The van der Waals surface area contributed by atoms with E-state index < -0.39 is 34.2 Å². The molecule has 2 atom stereocenters. The Bertz CT molecular complexity index is 908. The quantitative estimate of drug-likeness (QED) is 0.699. The van der Waals surface area contributed by atoms with Crippen molar-refractivity contribution in [3.8, 4) is 0 Å². The van der Waals surface area contributed by atoms with E-state index in [0.29, 0.717) is 35.5 Å². The highest BCUT2D eigenvalue weighted by atomic mass is 32.2. The van der Waals surface area contributed by atoms with Gasteiger partial charge in [-0.15, -0.1) is 0 Å². The molecule has 0 amide bonds. The van der Waals surface area contributed by atoms with E-state index in [2.05, 4.69) is 0 Å². The maximum atomic E-state index is 13.8. The van der Waals surface area contributed by atoms with Crippen molar-refractivity contribution in [1.29, 1.82) is 0 Å². The molecule has 0 saturated carbocycles. The fourth-order valence-corrected chi connectivity index (χ4v) is 4.68. The monoisotopic (exact) mass is 433 g/mol.